The van der Waals surface area contributed by atoms with Gasteiger partial charge in [-0.25, -0.2) is 0 Å². The van der Waals surface area contributed by atoms with Gasteiger partial charge in [-0.2, -0.15) is 0 Å². The summed E-state index contributed by atoms with van der Waals surface area (Å²) in [4.78, 5) is 14.3. The van der Waals surface area contributed by atoms with Gasteiger partial charge in [0.05, 0.1) is 13.1 Å². The second kappa shape index (κ2) is 8.50. The Morgan fingerprint density at radius 1 is 1.00 bits per heavy atom. The van der Waals surface area contributed by atoms with Crippen molar-refractivity contribution in [2.24, 2.45) is 0 Å². The maximum atomic E-state index is 12.8. The van der Waals surface area contributed by atoms with Gasteiger partial charge in [0.25, 0.3) is 0 Å². The Kier molecular flexibility index (Phi) is 6.63. The highest BCUT2D eigenvalue weighted by atomic mass is 35.5. The van der Waals surface area contributed by atoms with E-state index in [1.807, 2.05) is 36.4 Å². The minimum atomic E-state index is -0.295. The van der Waals surface area contributed by atoms with E-state index in [1.54, 1.807) is 0 Å². The Hall–Kier alpha value is -1.84. The Labute approximate surface area is 156 Å². The number of benzene rings is 2. The third kappa shape index (κ3) is 3.73. The molecule has 2 aromatic rings. The molecule has 0 radical (unpaired) electrons. The van der Waals surface area contributed by atoms with Crippen molar-refractivity contribution in [3.8, 4) is 11.1 Å². The van der Waals surface area contributed by atoms with Crippen molar-refractivity contribution in [3.63, 3.8) is 0 Å². The van der Waals surface area contributed by atoms with Gasteiger partial charge in [-0.1, -0.05) is 48.5 Å². The molecule has 0 saturated carbocycles. The molecular formula is C21H26ClNO2. The average Bonchev–Trinajstić information content (AvgIpc) is 2.95. The second-order valence-corrected chi connectivity index (χ2v) is 6.50. The van der Waals surface area contributed by atoms with E-state index in [2.05, 4.69) is 32.9 Å². The summed E-state index contributed by atoms with van der Waals surface area (Å²) in [6.07, 6.45) is 0. The molecule has 3 rings (SSSR count). The topological polar surface area (TPSA) is 30.7 Å². The lowest BCUT2D eigenvalue weighted by molar-refractivity contribution is -0.920. The standard InChI is InChI=1S/C21H25NO2.ClH/c1-4-22(5-2)15(3)14-24-21(23)20-18-12-8-6-10-16(18)17-11-7-9-13-19(17)20;/h6-13,15,20H,4-5,14H2,1-3H3;1H. The Balaban J connectivity index is 0.00000225. The Bertz CT molecular complexity index is 682. The smallest absolute Gasteiger partial charge is 0.318 e. The highest BCUT2D eigenvalue weighted by Crippen LogP contribution is 2.44. The van der Waals surface area contributed by atoms with Gasteiger partial charge < -0.3 is 22.0 Å². The number of carbonyl (C=O) groups is 1. The van der Waals surface area contributed by atoms with Crippen molar-refractivity contribution in [1.29, 1.82) is 0 Å². The quantitative estimate of drug-likeness (QED) is 0.715. The van der Waals surface area contributed by atoms with E-state index in [4.69, 9.17) is 4.74 Å². The van der Waals surface area contributed by atoms with E-state index >= 15 is 0 Å². The number of likely N-dealkylation sites (N-methyl/N-ethyl adjacent to an activating group) is 1. The van der Waals surface area contributed by atoms with Gasteiger partial charge in [-0.3, -0.25) is 4.79 Å². The SMILES string of the molecule is CC[NH+](CC)C(C)COC(=O)C1c2ccccc2-c2ccccc21.[Cl-]. The molecule has 0 aromatic heterocycles. The lowest BCUT2D eigenvalue weighted by Gasteiger charge is -2.23. The predicted molar refractivity (Wildman–Crippen MR) is 96.2 cm³/mol. The molecule has 0 fully saturated rings. The maximum Gasteiger partial charge on any atom is 0.318 e. The zero-order valence-electron chi connectivity index (χ0n) is 15.1. The van der Waals surface area contributed by atoms with Crippen LogP contribution >= 0.6 is 0 Å². The van der Waals surface area contributed by atoms with Gasteiger partial charge in [0, 0.05) is 0 Å². The third-order valence-electron chi connectivity index (χ3n) is 5.15. The number of quaternary nitrogens is 1. The number of hydrogen-bond acceptors (Lipinski definition) is 2. The van der Waals surface area contributed by atoms with E-state index < -0.39 is 0 Å². The number of carbonyl (C=O) groups excluding carboxylic acids is 1. The molecule has 0 aliphatic heterocycles. The Morgan fingerprint density at radius 2 is 1.48 bits per heavy atom. The summed E-state index contributed by atoms with van der Waals surface area (Å²) in [5.41, 5.74) is 4.42. The summed E-state index contributed by atoms with van der Waals surface area (Å²) in [7, 11) is 0. The first-order chi connectivity index (χ1) is 11.7. The van der Waals surface area contributed by atoms with Crippen LogP contribution in [0.3, 0.4) is 0 Å². The number of rotatable bonds is 6. The van der Waals surface area contributed by atoms with Gasteiger partial charge >= 0.3 is 5.97 Å². The van der Waals surface area contributed by atoms with Gasteiger partial charge in [0.1, 0.15) is 18.6 Å². The lowest BCUT2D eigenvalue weighted by Crippen LogP contribution is -3.15. The molecule has 1 atom stereocenters. The van der Waals surface area contributed by atoms with Gasteiger partial charge in [0.15, 0.2) is 0 Å². The monoisotopic (exact) mass is 359 g/mol. The van der Waals surface area contributed by atoms with Crippen molar-refractivity contribution < 1.29 is 26.8 Å². The van der Waals surface area contributed by atoms with Crippen molar-refractivity contribution in [3.05, 3.63) is 59.7 Å². The highest BCUT2D eigenvalue weighted by molar-refractivity contribution is 5.93. The molecule has 3 nitrogen and oxygen atoms in total. The molecule has 134 valence electrons. The molecule has 1 aliphatic carbocycles. The summed E-state index contributed by atoms with van der Waals surface area (Å²) < 4.78 is 5.73. The average molecular weight is 360 g/mol. The minimum absolute atomic E-state index is 0. The predicted octanol–water partition coefficient (Wildman–Crippen LogP) is -0.341. The second-order valence-electron chi connectivity index (χ2n) is 6.50. The van der Waals surface area contributed by atoms with Crippen molar-refractivity contribution in [2.45, 2.75) is 32.7 Å². The number of fused-ring (bicyclic) bond motifs is 3. The zero-order chi connectivity index (χ0) is 17.1. The van der Waals surface area contributed by atoms with Crippen LogP contribution in [-0.4, -0.2) is 31.7 Å². The number of halogens is 1. The highest BCUT2D eigenvalue weighted by Gasteiger charge is 2.34. The molecule has 0 amide bonds. The molecule has 0 heterocycles. The number of nitrogens with one attached hydrogen (secondary N) is 1. The Morgan fingerprint density at radius 3 is 1.96 bits per heavy atom. The fourth-order valence-corrected chi connectivity index (χ4v) is 3.76. The molecule has 0 bridgehead atoms. The molecule has 25 heavy (non-hydrogen) atoms. The summed E-state index contributed by atoms with van der Waals surface area (Å²) >= 11 is 0. The van der Waals surface area contributed by atoms with Crippen LogP contribution in [0, 0.1) is 0 Å². The normalized spacial score (nSPS) is 13.8. The summed E-state index contributed by atoms with van der Waals surface area (Å²) in [5, 5.41) is 0. The molecule has 1 aliphatic rings. The molecule has 0 spiro atoms. The fourth-order valence-electron chi connectivity index (χ4n) is 3.76. The van der Waals surface area contributed by atoms with Crippen LogP contribution < -0.4 is 17.3 Å². The van der Waals surface area contributed by atoms with E-state index in [0.29, 0.717) is 12.6 Å². The molecule has 1 unspecified atom stereocenters. The molecular weight excluding hydrogens is 334 g/mol. The summed E-state index contributed by atoms with van der Waals surface area (Å²) in [6, 6.07) is 16.6. The third-order valence-corrected chi connectivity index (χ3v) is 5.15. The number of hydrogen-bond donors (Lipinski definition) is 1. The maximum absolute atomic E-state index is 12.8. The first kappa shape index (κ1) is 19.5. The van der Waals surface area contributed by atoms with Crippen LogP contribution in [-0.2, 0) is 9.53 Å². The van der Waals surface area contributed by atoms with Crippen LogP contribution in [0.15, 0.2) is 48.5 Å². The number of ether oxygens (including phenoxy) is 1. The lowest BCUT2D eigenvalue weighted by atomic mass is 9.97. The van der Waals surface area contributed by atoms with Gasteiger partial charge in [-0.15, -0.1) is 0 Å². The van der Waals surface area contributed by atoms with Crippen LogP contribution in [0.25, 0.3) is 11.1 Å². The van der Waals surface area contributed by atoms with E-state index in [-0.39, 0.29) is 24.3 Å². The first-order valence-corrected chi connectivity index (χ1v) is 8.86. The van der Waals surface area contributed by atoms with Crippen LogP contribution in [0.1, 0.15) is 37.8 Å². The van der Waals surface area contributed by atoms with Crippen molar-refractivity contribution in [1.82, 2.24) is 0 Å². The summed E-state index contributed by atoms with van der Waals surface area (Å²) in [6.45, 7) is 9.04. The van der Waals surface area contributed by atoms with Crippen LogP contribution in [0.2, 0.25) is 0 Å². The van der Waals surface area contributed by atoms with E-state index in [1.165, 1.54) is 4.90 Å². The summed E-state index contributed by atoms with van der Waals surface area (Å²) in [5.74, 6) is -0.429. The number of esters is 1. The molecule has 4 heteroatoms. The van der Waals surface area contributed by atoms with Crippen molar-refractivity contribution in [2.75, 3.05) is 19.7 Å². The van der Waals surface area contributed by atoms with Crippen LogP contribution in [0.5, 0.6) is 0 Å². The minimum Gasteiger partial charge on any atom is -1.00 e. The first-order valence-electron chi connectivity index (χ1n) is 8.86. The van der Waals surface area contributed by atoms with E-state index in [0.717, 1.165) is 35.3 Å². The molecule has 2 aromatic carbocycles. The van der Waals surface area contributed by atoms with Crippen molar-refractivity contribution >= 4 is 5.97 Å². The largest absolute Gasteiger partial charge is 1.00 e. The zero-order valence-corrected chi connectivity index (χ0v) is 15.8. The molecule has 1 N–H and O–H groups in total. The van der Waals surface area contributed by atoms with Gasteiger partial charge in [0.2, 0.25) is 0 Å². The molecule has 0 saturated heterocycles. The van der Waals surface area contributed by atoms with Crippen LogP contribution in [0.4, 0.5) is 0 Å². The van der Waals surface area contributed by atoms with E-state index in [9.17, 15) is 4.79 Å². The van der Waals surface area contributed by atoms with Gasteiger partial charge in [-0.05, 0) is 43.0 Å². The fraction of sp³-hybridized carbons (Fsp3) is 0.381.